The Balaban J connectivity index is 1.80. The van der Waals surface area contributed by atoms with Crippen LogP contribution in [0.25, 0.3) is 0 Å². The van der Waals surface area contributed by atoms with E-state index in [1.54, 1.807) is 16.8 Å². The number of carbonyl (C=O) groups excluding carboxylic acids is 2. The third kappa shape index (κ3) is 5.73. The largest absolute Gasteiger partial charge is 0.492 e. The fraction of sp³-hybridized carbons (Fsp3) is 0.600. The maximum absolute atomic E-state index is 12.7. The predicted octanol–water partition coefficient (Wildman–Crippen LogP) is 1.97. The molecule has 1 atom stereocenters. The second kappa shape index (κ2) is 10.2. The Morgan fingerprint density at radius 2 is 2.15 bits per heavy atom. The van der Waals surface area contributed by atoms with Crippen LogP contribution >= 0.6 is 0 Å². The van der Waals surface area contributed by atoms with Crippen LogP contribution in [0.2, 0.25) is 0 Å². The molecule has 1 fully saturated rings. The molecule has 0 aliphatic carbocycles. The smallest absolute Gasteiger partial charge is 0.248 e. The standard InChI is InChI=1S/C20H30N2O4/c1-4-16-7-5-9-18(13-16)26-12-11-21(2)20(24)17-8-6-10-22(14-17)19(23)15-25-3/h5,7,9,13,17H,4,6,8,10-12,14-15H2,1-3H3. The first kappa shape index (κ1) is 20.2. The van der Waals surface area contributed by atoms with Gasteiger partial charge in [0.2, 0.25) is 11.8 Å². The highest BCUT2D eigenvalue weighted by Gasteiger charge is 2.29. The van der Waals surface area contributed by atoms with Gasteiger partial charge in [-0.3, -0.25) is 9.59 Å². The molecule has 1 heterocycles. The average molecular weight is 362 g/mol. The lowest BCUT2D eigenvalue weighted by molar-refractivity contribution is -0.142. The van der Waals surface area contributed by atoms with Crippen LogP contribution in [0, 0.1) is 5.92 Å². The molecule has 144 valence electrons. The summed E-state index contributed by atoms with van der Waals surface area (Å²) in [7, 11) is 3.30. The van der Waals surface area contributed by atoms with Crippen molar-refractivity contribution in [1.29, 1.82) is 0 Å². The van der Waals surface area contributed by atoms with Crippen LogP contribution in [0.15, 0.2) is 24.3 Å². The molecule has 1 aromatic carbocycles. The molecular formula is C20H30N2O4. The fourth-order valence-corrected chi connectivity index (χ4v) is 3.20. The highest BCUT2D eigenvalue weighted by Crippen LogP contribution is 2.19. The molecule has 1 unspecified atom stereocenters. The number of nitrogens with zero attached hydrogens (tertiary/aromatic N) is 2. The minimum Gasteiger partial charge on any atom is -0.492 e. The zero-order valence-corrected chi connectivity index (χ0v) is 16.1. The van der Waals surface area contributed by atoms with E-state index in [1.165, 1.54) is 12.7 Å². The highest BCUT2D eigenvalue weighted by atomic mass is 16.5. The predicted molar refractivity (Wildman–Crippen MR) is 100 cm³/mol. The second-order valence-corrected chi connectivity index (χ2v) is 6.72. The Bertz CT molecular complexity index is 605. The van der Waals surface area contributed by atoms with Crippen LogP contribution in [0.4, 0.5) is 0 Å². The summed E-state index contributed by atoms with van der Waals surface area (Å²) in [5.74, 6) is 0.717. The van der Waals surface area contributed by atoms with E-state index >= 15 is 0 Å². The summed E-state index contributed by atoms with van der Waals surface area (Å²) < 4.78 is 10.7. The van der Waals surface area contributed by atoms with Crippen LogP contribution in [0.5, 0.6) is 5.75 Å². The van der Waals surface area contributed by atoms with Gasteiger partial charge in [-0.25, -0.2) is 0 Å². The molecule has 1 aliphatic heterocycles. The molecule has 6 nitrogen and oxygen atoms in total. The first-order valence-corrected chi connectivity index (χ1v) is 9.28. The topological polar surface area (TPSA) is 59.1 Å². The van der Waals surface area contributed by atoms with Crippen molar-refractivity contribution in [2.45, 2.75) is 26.2 Å². The van der Waals surface area contributed by atoms with Crippen LogP contribution in [0.3, 0.4) is 0 Å². The number of ether oxygens (including phenoxy) is 2. The van der Waals surface area contributed by atoms with Gasteiger partial charge < -0.3 is 19.3 Å². The fourth-order valence-electron chi connectivity index (χ4n) is 3.20. The number of rotatable bonds is 8. The van der Waals surface area contributed by atoms with E-state index in [9.17, 15) is 9.59 Å². The average Bonchev–Trinajstić information content (AvgIpc) is 2.67. The highest BCUT2D eigenvalue weighted by molar-refractivity contribution is 5.81. The normalized spacial score (nSPS) is 17.0. The SMILES string of the molecule is CCc1cccc(OCCN(C)C(=O)C2CCCN(C(=O)COC)C2)c1. The van der Waals surface area contributed by atoms with Crippen molar-refractivity contribution < 1.29 is 19.1 Å². The van der Waals surface area contributed by atoms with E-state index in [2.05, 4.69) is 13.0 Å². The van der Waals surface area contributed by atoms with Crippen LogP contribution in [-0.4, -0.2) is 68.6 Å². The molecule has 0 radical (unpaired) electrons. The molecule has 0 spiro atoms. The van der Waals surface area contributed by atoms with E-state index < -0.39 is 0 Å². The maximum Gasteiger partial charge on any atom is 0.248 e. The summed E-state index contributed by atoms with van der Waals surface area (Å²) in [4.78, 5) is 28.1. The molecule has 1 aromatic rings. The third-order valence-electron chi connectivity index (χ3n) is 4.77. The number of carbonyl (C=O) groups is 2. The molecule has 1 aliphatic rings. The Kier molecular flexibility index (Phi) is 7.91. The van der Waals surface area contributed by atoms with Gasteiger partial charge in [0.1, 0.15) is 19.0 Å². The second-order valence-electron chi connectivity index (χ2n) is 6.72. The van der Waals surface area contributed by atoms with Crippen molar-refractivity contribution in [2.75, 3.05) is 47.0 Å². The molecule has 0 aromatic heterocycles. The van der Waals surface area contributed by atoms with E-state index in [-0.39, 0.29) is 24.3 Å². The van der Waals surface area contributed by atoms with Crippen molar-refractivity contribution in [3.63, 3.8) is 0 Å². The van der Waals surface area contributed by atoms with Crippen molar-refractivity contribution in [3.8, 4) is 5.75 Å². The van der Waals surface area contributed by atoms with Crippen molar-refractivity contribution in [2.24, 2.45) is 5.92 Å². The van der Waals surface area contributed by atoms with Gasteiger partial charge in [0, 0.05) is 27.2 Å². The molecule has 0 saturated carbocycles. The van der Waals surface area contributed by atoms with E-state index in [0.29, 0.717) is 26.2 Å². The van der Waals surface area contributed by atoms with Gasteiger partial charge in [-0.1, -0.05) is 19.1 Å². The number of likely N-dealkylation sites (N-methyl/N-ethyl adjacent to an activating group) is 1. The van der Waals surface area contributed by atoms with Gasteiger partial charge in [0.05, 0.1) is 12.5 Å². The van der Waals surface area contributed by atoms with Gasteiger partial charge in [-0.15, -0.1) is 0 Å². The number of likely N-dealkylation sites (tertiary alicyclic amines) is 1. The molecule has 0 N–H and O–H groups in total. The number of hydrogen-bond acceptors (Lipinski definition) is 4. The number of hydrogen-bond donors (Lipinski definition) is 0. The third-order valence-corrected chi connectivity index (χ3v) is 4.77. The van der Waals surface area contributed by atoms with Crippen molar-refractivity contribution >= 4 is 11.8 Å². The molecule has 2 amide bonds. The van der Waals surface area contributed by atoms with Gasteiger partial charge in [0.25, 0.3) is 0 Å². The van der Waals surface area contributed by atoms with Gasteiger partial charge >= 0.3 is 0 Å². The summed E-state index contributed by atoms with van der Waals surface area (Å²) in [6, 6.07) is 8.02. The number of piperidine rings is 1. The summed E-state index contributed by atoms with van der Waals surface area (Å²) in [5.41, 5.74) is 1.23. The molecule has 0 bridgehead atoms. The van der Waals surface area contributed by atoms with Crippen LogP contribution in [0.1, 0.15) is 25.3 Å². The zero-order chi connectivity index (χ0) is 18.9. The summed E-state index contributed by atoms with van der Waals surface area (Å²) in [6.07, 6.45) is 2.63. The minimum atomic E-state index is -0.141. The number of methoxy groups -OCH3 is 1. The number of benzene rings is 1. The zero-order valence-electron chi connectivity index (χ0n) is 16.1. The summed E-state index contributed by atoms with van der Waals surface area (Å²) in [6.45, 7) is 4.33. The number of aryl methyl sites for hydroxylation is 1. The Hall–Kier alpha value is -2.08. The lowest BCUT2D eigenvalue weighted by Crippen LogP contribution is -2.47. The molecular weight excluding hydrogens is 332 g/mol. The molecule has 6 heteroatoms. The lowest BCUT2D eigenvalue weighted by atomic mass is 9.96. The van der Waals surface area contributed by atoms with Crippen LogP contribution < -0.4 is 4.74 Å². The van der Waals surface area contributed by atoms with Gasteiger partial charge in [0.15, 0.2) is 0 Å². The van der Waals surface area contributed by atoms with Gasteiger partial charge in [-0.2, -0.15) is 0 Å². The van der Waals surface area contributed by atoms with Gasteiger partial charge in [-0.05, 0) is 37.0 Å². The van der Waals surface area contributed by atoms with E-state index in [4.69, 9.17) is 9.47 Å². The summed E-state index contributed by atoms with van der Waals surface area (Å²) >= 11 is 0. The van der Waals surface area contributed by atoms with E-state index in [0.717, 1.165) is 25.0 Å². The lowest BCUT2D eigenvalue weighted by Gasteiger charge is -2.33. The van der Waals surface area contributed by atoms with E-state index in [1.807, 2.05) is 18.2 Å². The maximum atomic E-state index is 12.7. The molecule has 1 saturated heterocycles. The Labute approximate surface area is 156 Å². The molecule has 26 heavy (non-hydrogen) atoms. The minimum absolute atomic E-state index is 0.0493. The first-order valence-electron chi connectivity index (χ1n) is 9.28. The Morgan fingerprint density at radius 1 is 1.35 bits per heavy atom. The first-order chi connectivity index (χ1) is 12.5. The monoisotopic (exact) mass is 362 g/mol. The number of amides is 2. The summed E-state index contributed by atoms with van der Waals surface area (Å²) in [5, 5.41) is 0. The van der Waals surface area contributed by atoms with Crippen LogP contribution in [-0.2, 0) is 20.7 Å². The van der Waals surface area contributed by atoms with Crippen molar-refractivity contribution in [1.82, 2.24) is 9.80 Å². The Morgan fingerprint density at radius 3 is 2.88 bits per heavy atom. The molecule has 2 rings (SSSR count). The quantitative estimate of drug-likeness (QED) is 0.709. The van der Waals surface area contributed by atoms with Crippen molar-refractivity contribution in [3.05, 3.63) is 29.8 Å².